The van der Waals surface area contributed by atoms with Crippen molar-refractivity contribution in [3.05, 3.63) is 33.8 Å². The minimum Gasteiger partial charge on any atom is -0.488 e. The minimum atomic E-state index is -1.08. The number of halogens is 1. The molecule has 19 heavy (non-hydrogen) atoms. The Hall–Kier alpha value is -2.15. The van der Waals surface area contributed by atoms with Crippen molar-refractivity contribution in [3.8, 4) is 5.75 Å². The molecule has 2 amide bonds. The fourth-order valence-electron chi connectivity index (χ4n) is 1.47. The molecule has 98 valence electrons. The highest BCUT2D eigenvalue weighted by atomic mass is 79.9. The average Bonchev–Trinajstić information content (AvgIpc) is 2.38. The molecule has 0 radical (unpaired) electrons. The number of hydrazone groups is 1. The van der Waals surface area contributed by atoms with Crippen molar-refractivity contribution in [1.82, 2.24) is 5.43 Å². The van der Waals surface area contributed by atoms with Crippen molar-refractivity contribution in [2.24, 2.45) is 10.8 Å². The van der Waals surface area contributed by atoms with Crippen LogP contribution in [-0.4, -0.2) is 24.6 Å². The van der Waals surface area contributed by atoms with Crippen LogP contribution >= 0.6 is 15.9 Å². The smallest absolute Gasteiger partial charge is 0.329 e. The predicted octanol–water partition coefficient (Wildman–Crippen LogP) is 0.812. The Balaban J connectivity index is 2.09. The Morgan fingerprint density at radius 2 is 2.26 bits per heavy atom. The molecule has 0 spiro atoms. The lowest BCUT2D eigenvalue weighted by molar-refractivity contribution is -0.137. The van der Waals surface area contributed by atoms with Crippen LogP contribution in [-0.2, 0) is 9.59 Å². The van der Waals surface area contributed by atoms with Gasteiger partial charge in [-0.2, -0.15) is 5.10 Å². The number of benzene rings is 1. The number of hydrogen-bond acceptors (Lipinski definition) is 4. The number of rotatable bonds is 2. The van der Waals surface area contributed by atoms with E-state index in [2.05, 4.69) is 21.0 Å². The maximum Gasteiger partial charge on any atom is 0.329 e. The zero-order valence-corrected chi connectivity index (χ0v) is 11.3. The van der Waals surface area contributed by atoms with Crippen LogP contribution in [0.25, 0.3) is 6.08 Å². The van der Waals surface area contributed by atoms with Crippen molar-refractivity contribution in [2.75, 3.05) is 6.61 Å². The first kappa shape index (κ1) is 13.3. The van der Waals surface area contributed by atoms with Crippen molar-refractivity contribution in [2.45, 2.75) is 0 Å². The van der Waals surface area contributed by atoms with Crippen LogP contribution in [0.1, 0.15) is 5.56 Å². The van der Waals surface area contributed by atoms with E-state index in [4.69, 9.17) is 10.5 Å². The Morgan fingerprint density at radius 3 is 3.00 bits per heavy atom. The summed E-state index contributed by atoms with van der Waals surface area (Å²) in [7, 11) is 0. The Morgan fingerprint density at radius 1 is 1.47 bits per heavy atom. The number of fused-ring (bicyclic) bond motifs is 1. The second kappa shape index (κ2) is 5.66. The maximum atomic E-state index is 10.9. The van der Waals surface area contributed by atoms with Crippen LogP contribution < -0.4 is 15.9 Å². The number of amides is 2. The molecule has 0 unspecified atom stereocenters. The molecule has 0 fully saturated rings. The van der Waals surface area contributed by atoms with Gasteiger partial charge in [-0.1, -0.05) is 15.9 Å². The zero-order valence-electron chi connectivity index (χ0n) is 9.72. The molecule has 1 heterocycles. The molecule has 3 N–H and O–H groups in total. The van der Waals surface area contributed by atoms with Gasteiger partial charge in [-0.05, 0) is 24.3 Å². The quantitative estimate of drug-likeness (QED) is 0.479. The third-order valence-electron chi connectivity index (χ3n) is 2.33. The summed E-state index contributed by atoms with van der Waals surface area (Å²) in [5.74, 6) is -1.27. The lowest BCUT2D eigenvalue weighted by atomic mass is 10.1. The van der Waals surface area contributed by atoms with E-state index in [1.165, 1.54) is 6.21 Å². The number of carbonyl (C=O) groups excluding carboxylic acids is 2. The number of ether oxygens (including phenoxy) is 1. The molecule has 1 aromatic rings. The van der Waals surface area contributed by atoms with Crippen LogP contribution in [0.4, 0.5) is 0 Å². The summed E-state index contributed by atoms with van der Waals surface area (Å²) in [6.07, 6.45) is 3.29. The molecule has 0 saturated carbocycles. The first-order valence-electron chi connectivity index (χ1n) is 5.32. The SMILES string of the molecule is NC(=O)C(=O)NN=CC1=Cc2cc(Br)ccc2OC1. The van der Waals surface area contributed by atoms with Gasteiger partial charge in [0, 0.05) is 15.6 Å². The van der Waals surface area contributed by atoms with E-state index in [-0.39, 0.29) is 0 Å². The lowest BCUT2D eigenvalue weighted by Gasteiger charge is -2.15. The lowest BCUT2D eigenvalue weighted by Crippen LogP contribution is -2.33. The fourth-order valence-corrected chi connectivity index (χ4v) is 1.85. The molecular formula is C12H10BrN3O3. The molecule has 0 aliphatic carbocycles. The number of nitrogens with one attached hydrogen (secondary N) is 1. The maximum absolute atomic E-state index is 10.9. The highest BCUT2D eigenvalue weighted by Crippen LogP contribution is 2.28. The molecule has 0 atom stereocenters. The van der Waals surface area contributed by atoms with E-state index in [9.17, 15) is 9.59 Å². The van der Waals surface area contributed by atoms with Crippen molar-refractivity contribution in [1.29, 1.82) is 0 Å². The molecule has 1 aliphatic heterocycles. The predicted molar refractivity (Wildman–Crippen MR) is 73.4 cm³/mol. The molecule has 1 aliphatic rings. The number of carbonyl (C=O) groups is 2. The molecule has 0 saturated heterocycles. The van der Waals surface area contributed by atoms with Gasteiger partial charge in [0.15, 0.2) is 0 Å². The number of hydrogen-bond donors (Lipinski definition) is 2. The Kier molecular flexibility index (Phi) is 3.96. The van der Waals surface area contributed by atoms with E-state index < -0.39 is 11.8 Å². The van der Waals surface area contributed by atoms with Crippen LogP contribution in [0.2, 0.25) is 0 Å². The third kappa shape index (κ3) is 3.41. The molecular weight excluding hydrogens is 314 g/mol. The largest absolute Gasteiger partial charge is 0.488 e. The highest BCUT2D eigenvalue weighted by Gasteiger charge is 2.11. The minimum absolute atomic E-state index is 0.338. The van der Waals surface area contributed by atoms with Gasteiger partial charge in [0.25, 0.3) is 0 Å². The van der Waals surface area contributed by atoms with E-state index in [1.807, 2.05) is 29.7 Å². The van der Waals surface area contributed by atoms with Gasteiger partial charge < -0.3 is 10.5 Å². The topological polar surface area (TPSA) is 93.8 Å². The summed E-state index contributed by atoms with van der Waals surface area (Å²) in [4.78, 5) is 21.3. The monoisotopic (exact) mass is 323 g/mol. The second-order valence-electron chi connectivity index (χ2n) is 3.75. The van der Waals surface area contributed by atoms with E-state index >= 15 is 0 Å². The van der Waals surface area contributed by atoms with Crippen molar-refractivity contribution in [3.63, 3.8) is 0 Å². The summed E-state index contributed by atoms with van der Waals surface area (Å²) in [5.41, 5.74) is 8.45. The summed E-state index contributed by atoms with van der Waals surface area (Å²) in [5, 5.41) is 3.63. The van der Waals surface area contributed by atoms with E-state index in [0.717, 1.165) is 21.4 Å². The zero-order chi connectivity index (χ0) is 13.8. The highest BCUT2D eigenvalue weighted by molar-refractivity contribution is 9.10. The summed E-state index contributed by atoms with van der Waals surface area (Å²) < 4.78 is 6.45. The molecule has 7 heteroatoms. The molecule has 0 bridgehead atoms. The van der Waals surface area contributed by atoms with Crippen molar-refractivity contribution < 1.29 is 14.3 Å². The normalized spacial score (nSPS) is 13.4. The van der Waals surface area contributed by atoms with E-state index in [0.29, 0.717) is 6.61 Å². The Labute approximate surface area is 117 Å². The van der Waals surface area contributed by atoms with Gasteiger partial charge in [-0.25, -0.2) is 5.43 Å². The van der Waals surface area contributed by atoms with Crippen molar-refractivity contribution >= 4 is 40.0 Å². The van der Waals surface area contributed by atoms with E-state index in [1.54, 1.807) is 0 Å². The van der Waals surface area contributed by atoms with Gasteiger partial charge in [0.05, 0.1) is 6.21 Å². The van der Waals surface area contributed by atoms with Gasteiger partial charge in [0.2, 0.25) is 0 Å². The van der Waals surface area contributed by atoms with Crippen LogP contribution in [0.5, 0.6) is 5.75 Å². The first-order valence-corrected chi connectivity index (χ1v) is 6.11. The fraction of sp³-hybridized carbons (Fsp3) is 0.0833. The number of nitrogens with zero attached hydrogens (tertiary/aromatic N) is 1. The summed E-state index contributed by atoms with van der Waals surface area (Å²) in [6.45, 7) is 0.338. The number of nitrogens with two attached hydrogens (primary N) is 1. The number of primary amides is 1. The summed E-state index contributed by atoms with van der Waals surface area (Å²) in [6, 6.07) is 5.65. The molecule has 2 rings (SSSR count). The van der Waals surface area contributed by atoms with Gasteiger partial charge >= 0.3 is 11.8 Å². The third-order valence-corrected chi connectivity index (χ3v) is 2.82. The van der Waals surface area contributed by atoms with Crippen LogP contribution in [0, 0.1) is 0 Å². The average molecular weight is 324 g/mol. The Bertz CT molecular complexity index is 596. The molecule has 6 nitrogen and oxygen atoms in total. The molecule has 0 aromatic heterocycles. The second-order valence-corrected chi connectivity index (χ2v) is 4.67. The van der Waals surface area contributed by atoms with Gasteiger partial charge in [-0.15, -0.1) is 0 Å². The van der Waals surface area contributed by atoms with Crippen LogP contribution in [0.15, 0.2) is 33.3 Å². The molecule has 1 aromatic carbocycles. The standard InChI is InChI=1S/C12H10BrN3O3/c13-9-1-2-10-8(4-9)3-7(6-19-10)5-15-16-12(18)11(14)17/h1-5H,6H2,(H2,14,17)(H,16,18). The first-order chi connectivity index (χ1) is 9.06. The van der Waals surface area contributed by atoms with Crippen LogP contribution in [0.3, 0.4) is 0 Å². The van der Waals surface area contributed by atoms with Gasteiger partial charge in [0.1, 0.15) is 12.4 Å². The summed E-state index contributed by atoms with van der Waals surface area (Å²) >= 11 is 3.37. The van der Waals surface area contributed by atoms with Gasteiger partial charge in [-0.3, -0.25) is 9.59 Å².